The largest absolute Gasteiger partial charge is 0.364 e. The number of primary amides is 1. The van der Waals surface area contributed by atoms with Gasteiger partial charge in [0.2, 0.25) is 0 Å². The van der Waals surface area contributed by atoms with Gasteiger partial charge in [-0.2, -0.15) is 8.78 Å². The van der Waals surface area contributed by atoms with E-state index in [-0.39, 0.29) is 5.69 Å². The molecule has 0 radical (unpaired) electrons. The highest BCUT2D eigenvalue weighted by Gasteiger charge is 2.27. The van der Waals surface area contributed by atoms with Crippen LogP contribution in [0.25, 0.3) is 11.1 Å². The van der Waals surface area contributed by atoms with E-state index in [1.807, 2.05) is 6.92 Å². The molecule has 0 saturated carbocycles. The van der Waals surface area contributed by atoms with Crippen LogP contribution in [-0.4, -0.2) is 27.4 Å². The molecule has 0 fully saturated rings. The number of amides is 1. The second kappa shape index (κ2) is 10.3. The summed E-state index contributed by atoms with van der Waals surface area (Å²) in [7, 11) is 0. The van der Waals surface area contributed by atoms with Crippen LogP contribution in [0, 0.1) is 5.82 Å². The first-order valence-electron chi connectivity index (χ1n) is 10.3. The zero-order valence-corrected chi connectivity index (χ0v) is 18.9. The minimum absolute atomic E-state index is 0.141. The van der Waals surface area contributed by atoms with Gasteiger partial charge in [0.05, 0.1) is 5.69 Å². The molecule has 3 N–H and O–H groups in total. The summed E-state index contributed by atoms with van der Waals surface area (Å²) in [5.74, 6) is -4.39. The van der Waals surface area contributed by atoms with Crippen molar-refractivity contribution in [1.82, 2.24) is 20.3 Å². The van der Waals surface area contributed by atoms with Crippen molar-refractivity contribution < 1.29 is 18.0 Å². The number of nitrogens with zero attached hydrogens (tertiary/aromatic N) is 3. The predicted molar refractivity (Wildman–Crippen MR) is 120 cm³/mol. The lowest BCUT2D eigenvalue weighted by Crippen LogP contribution is -2.27. The Morgan fingerprint density at radius 2 is 1.97 bits per heavy atom. The lowest BCUT2D eigenvalue weighted by molar-refractivity contribution is 0.00745. The standard InChI is InChI=1S/C15H13ClFN3O.C8H10F2N2/c16-8-1-2-9(12(17)5-8)11-6-13(15(18)21)20-14-7-19-4-3-10(11)14;1-3-6-4-5-11-7(12-6)8(2,9)10/h1-2,5-6,19H,3-4,7H2,(H2,18,21);4-5H,3H2,1-2H3. The molecular weight excluding hydrogens is 455 g/mol. The zero-order valence-electron chi connectivity index (χ0n) is 18.1. The first-order valence-corrected chi connectivity index (χ1v) is 10.7. The molecule has 1 aliphatic heterocycles. The number of hydrogen-bond acceptors (Lipinski definition) is 5. The average molecular weight is 478 g/mol. The Morgan fingerprint density at radius 1 is 1.21 bits per heavy atom. The van der Waals surface area contributed by atoms with Crippen LogP contribution in [0.1, 0.15) is 47.1 Å². The van der Waals surface area contributed by atoms with Gasteiger partial charge in [-0.05, 0) is 60.8 Å². The van der Waals surface area contributed by atoms with Crippen molar-refractivity contribution in [2.45, 2.75) is 39.2 Å². The quantitative estimate of drug-likeness (QED) is 0.579. The first kappa shape index (κ1) is 24.6. The number of halogens is 4. The van der Waals surface area contributed by atoms with Crippen LogP contribution in [-0.2, 0) is 25.3 Å². The molecule has 1 aromatic carbocycles. The van der Waals surface area contributed by atoms with Gasteiger partial charge in [-0.25, -0.2) is 19.3 Å². The van der Waals surface area contributed by atoms with Crippen molar-refractivity contribution >= 4 is 17.5 Å². The fourth-order valence-corrected chi connectivity index (χ4v) is 3.51. The van der Waals surface area contributed by atoms with E-state index in [2.05, 4.69) is 20.3 Å². The summed E-state index contributed by atoms with van der Waals surface area (Å²) < 4.78 is 39.5. The smallest absolute Gasteiger partial charge is 0.303 e. The van der Waals surface area contributed by atoms with Gasteiger partial charge in [-0.1, -0.05) is 18.5 Å². The Bertz CT molecular complexity index is 1170. The summed E-state index contributed by atoms with van der Waals surface area (Å²) in [6.45, 7) is 3.98. The van der Waals surface area contributed by atoms with Gasteiger partial charge in [-0.3, -0.25) is 4.79 Å². The normalized spacial score (nSPS) is 13.0. The fourth-order valence-electron chi connectivity index (χ4n) is 3.35. The SMILES string of the molecule is CCc1ccnc(C(C)(F)F)n1.NC(=O)c1cc(-c2ccc(Cl)cc2F)c2c(n1)CNCC2. The van der Waals surface area contributed by atoms with E-state index in [4.69, 9.17) is 17.3 Å². The number of pyridine rings is 1. The van der Waals surface area contributed by atoms with E-state index >= 15 is 0 Å². The predicted octanol–water partition coefficient (Wildman–Crippen LogP) is 4.44. The highest BCUT2D eigenvalue weighted by atomic mass is 35.5. The summed E-state index contributed by atoms with van der Waals surface area (Å²) >= 11 is 5.79. The summed E-state index contributed by atoms with van der Waals surface area (Å²) in [6, 6.07) is 7.68. The highest BCUT2D eigenvalue weighted by Crippen LogP contribution is 2.31. The van der Waals surface area contributed by atoms with Crippen molar-refractivity contribution in [3.05, 3.63) is 75.8 Å². The van der Waals surface area contributed by atoms with Gasteiger partial charge in [0.1, 0.15) is 11.5 Å². The number of aryl methyl sites for hydroxylation is 1. The van der Waals surface area contributed by atoms with Gasteiger partial charge in [0, 0.05) is 35.9 Å². The monoisotopic (exact) mass is 477 g/mol. The highest BCUT2D eigenvalue weighted by molar-refractivity contribution is 6.30. The topological polar surface area (TPSA) is 93.8 Å². The van der Waals surface area contributed by atoms with Crippen LogP contribution in [0.2, 0.25) is 5.02 Å². The number of hydrogen-bond donors (Lipinski definition) is 2. The Hall–Kier alpha value is -3.04. The molecule has 3 aromatic rings. The minimum atomic E-state index is -2.94. The number of nitrogens with one attached hydrogen (secondary N) is 1. The van der Waals surface area contributed by atoms with Crippen molar-refractivity contribution in [2.75, 3.05) is 6.54 Å². The number of aromatic nitrogens is 3. The molecule has 0 saturated heterocycles. The lowest BCUT2D eigenvalue weighted by Gasteiger charge is -2.21. The van der Waals surface area contributed by atoms with E-state index < -0.39 is 23.5 Å². The molecule has 0 unspecified atom stereocenters. The van der Waals surface area contributed by atoms with Gasteiger partial charge in [0.25, 0.3) is 5.91 Å². The molecule has 174 valence electrons. The second-order valence-electron chi connectivity index (χ2n) is 7.51. The third-order valence-corrected chi connectivity index (χ3v) is 5.23. The Morgan fingerprint density at radius 3 is 2.61 bits per heavy atom. The van der Waals surface area contributed by atoms with E-state index in [1.165, 1.54) is 12.3 Å². The summed E-state index contributed by atoms with van der Waals surface area (Å²) in [5, 5.41) is 3.51. The second-order valence-corrected chi connectivity index (χ2v) is 7.95. The summed E-state index contributed by atoms with van der Waals surface area (Å²) in [5.41, 5.74) is 8.84. The van der Waals surface area contributed by atoms with E-state index in [1.54, 1.807) is 24.3 Å². The molecule has 4 rings (SSSR count). The molecule has 1 aliphatic rings. The van der Waals surface area contributed by atoms with Gasteiger partial charge < -0.3 is 11.1 Å². The summed E-state index contributed by atoms with van der Waals surface area (Å²) in [4.78, 5) is 22.9. The van der Waals surface area contributed by atoms with Gasteiger partial charge >= 0.3 is 5.92 Å². The molecule has 1 amide bonds. The van der Waals surface area contributed by atoms with Crippen LogP contribution in [0.15, 0.2) is 36.5 Å². The molecule has 0 atom stereocenters. The van der Waals surface area contributed by atoms with Crippen LogP contribution < -0.4 is 11.1 Å². The maximum Gasteiger partial charge on any atom is 0.303 e. The van der Waals surface area contributed by atoms with Crippen LogP contribution >= 0.6 is 11.6 Å². The van der Waals surface area contributed by atoms with Crippen molar-refractivity contribution in [3.63, 3.8) is 0 Å². The number of alkyl halides is 2. The van der Waals surface area contributed by atoms with Gasteiger partial charge in [0.15, 0.2) is 5.82 Å². The van der Waals surface area contributed by atoms with Crippen molar-refractivity contribution in [2.24, 2.45) is 5.73 Å². The number of benzene rings is 1. The minimum Gasteiger partial charge on any atom is -0.364 e. The van der Waals surface area contributed by atoms with Crippen LogP contribution in [0.5, 0.6) is 0 Å². The molecule has 33 heavy (non-hydrogen) atoms. The maximum absolute atomic E-state index is 14.2. The van der Waals surface area contributed by atoms with Crippen molar-refractivity contribution in [1.29, 1.82) is 0 Å². The van der Waals surface area contributed by atoms with E-state index in [9.17, 15) is 18.0 Å². The number of nitrogens with two attached hydrogens (primary N) is 1. The third kappa shape index (κ3) is 6.06. The lowest BCUT2D eigenvalue weighted by atomic mass is 9.93. The summed E-state index contributed by atoms with van der Waals surface area (Å²) in [6.07, 6.45) is 2.73. The number of rotatable bonds is 4. The fraction of sp³-hybridized carbons (Fsp3) is 0.304. The number of carbonyl (C=O) groups excluding carboxylic acids is 1. The maximum atomic E-state index is 14.2. The third-order valence-electron chi connectivity index (χ3n) is 5.00. The number of fused-ring (bicyclic) bond motifs is 1. The molecule has 6 nitrogen and oxygen atoms in total. The zero-order chi connectivity index (χ0) is 24.2. The van der Waals surface area contributed by atoms with Crippen molar-refractivity contribution in [3.8, 4) is 11.1 Å². The van der Waals surface area contributed by atoms with E-state index in [0.29, 0.717) is 34.8 Å². The Labute approximate surface area is 194 Å². The first-order chi connectivity index (χ1) is 15.6. The molecule has 0 aliphatic carbocycles. The van der Waals surface area contributed by atoms with E-state index in [0.717, 1.165) is 31.1 Å². The Kier molecular flexibility index (Phi) is 7.65. The van der Waals surface area contributed by atoms with Gasteiger partial charge in [-0.15, -0.1) is 0 Å². The van der Waals surface area contributed by atoms with Crippen LogP contribution in [0.3, 0.4) is 0 Å². The molecular formula is C23H23ClF3N5O. The van der Waals surface area contributed by atoms with Crippen LogP contribution in [0.4, 0.5) is 13.2 Å². The molecule has 0 spiro atoms. The molecule has 10 heteroatoms. The Balaban J connectivity index is 0.000000218. The molecule has 0 bridgehead atoms. The molecule has 3 heterocycles. The average Bonchev–Trinajstić information content (AvgIpc) is 2.78. The molecule has 2 aromatic heterocycles. The number of carbonyl (C=O) groups is 1.